The molecule has 1 heterocycles. The second-order valence-corrected chi connectivity index (χ2v) is 4.65. The summed E-state index contributed by atoms with van der Waals surface area (Å²) in [6.07, 6.45) is -7.11. The largest absolute Gasteiger partial charge is 0.456 e. The van der Waals surface area contributed by atoms with E-state index in [4.69, 9.17) is 14.8 Å². The molecular weight excluding hydrogens is 232 g/mol. The van der Waals surface area contributed by atoms with Crippen LogP contribution in [0.25, 0.3) is 0 Å². The Balaban J connectivity index is 2.80. The number of cyclic esters (lactones) is 1. The Morgan fingerprint density at radius 1 is 1.20 bits per heavy atom. The number of esters is 1. The lowest BCUT2D eigenvalue weighted by Crippen LogP contribution is -2.57. The van der Waals surface area contributed by atoms with Crippen molar-refractivity contribution in [3.05, 3.63) is 0 Å². The Morgan fingerprint density at radius 3 is 2.20 bits per heavy atom. The van der Waals surface area contributed by atoms with Crippen molar-refractivity contribution in [2.45, 2.75) is 24.4 Å². The monoisotopic (exact) mass is 242 g/mol. The molecule has 0 amide bonds. The summed E-state index contributed by atoms with van der Waals surface area (Å²) < 4.78 is 33.7. The number of carbonyl (C=O) groups excluding carboxylic acids is 1. The third-order valence-electron chi connectivity index (χ3n) is 1.94. The van der Waals surface area contributed by atoms with Gasteiger partial charge in [0.2, 0.25) is 0 Å². The first-order valence-electron chi connectivity index (χ1n) is 3.92. The van der Waals surface area contributed by atoms with Crippen LogP contribution in [0.1, 0.15) is 0 Å². The molecule has 0 aromatic rings. The first-order valence-corrected chi connectivity index (χ1v) is 5.53. The molecule has 1 aliphatic heterocycles. The van der Waals surface area contributed by atoms with Crippen molar-refractivity contribution in [3.63, 3.8) is 0 Å². The minimum Gasteiger partial charge on any atom is -0.456 e. The quantitative estimate of drug-likeness (QED) is 0.294. The van der Waals surface area contributed by atoms with Gasteiger partial charge in [-0.2, -0.15) is 8.42 Å². The molecule has 1 rings (SSSR count). The van der Waals surface area contributed by atoms with Crippen LogP contribution in [0, 0.1) is 0 Å². The molecule has 9 heteroatoms. The van der Waals surface area contributed by atoms with Gasteiger partial charge in [0.15, 0.2) is 6.10 Å². The van der Waals surface area contributed by atoms with E-state index in [2.05, 4.69) is 4.74 Å². The Hall–Kier alpha value is -0.740. The Kier molecular flexibility index (Phi) is 3.31. The molecule has 0 aliphatic carbocycles. The zero-order valence-corrected chi connectivity index (χ0v) is 8.16. The SMILES string of the molecule is O=C1O[C@H](CS(=O)(=O)O)[C@@H](O)[C@H](O)[C@H]1O. The van der Waals surface area contributed by atoms with Crippen molar-refractivity contribution in [2.24, 2.45) is 0 Å². The van der Waals surface area contributed by atoms with Crippen LogP contribution < -0.4 is 0 Å². The molecular formula is C6H10O8S. The van der Waals surface area contributed by atoms with Crippen LogP contribution in [-0.2, 0) is 19.6 Å². The first-order chi connectivity index (χ1) is 6.72. The van der Waals surface area contributed by atoms with Gasteiger partial charge in [-0.1, -0.05) is 0 Å². The summed E-state index contributed by atoms with van der Waals surface area (Å²) in [5.41, 5.74) is 0. The van der Waals surface area contributed by atoms with Gasteiger partial charge in [-0.25, -0.2) is 4.79 Å². The van der Waals surface area contributed by atoms with E-state index in [1.165, 1.54) is 0 Å². The highest BCUT2D eigenvalue weighted by molar-refractivity contribution is 7.85. The van der Waals surface area contributed by atoms with E-state index in [-0.39, 0.29) is 0 Å². The van der Waals surface area contributed by atoms with Crippen molar-refractivity contribution in [1.29, 1.82) is 0 Å². The highest BCUT2D eigenvalue weighted by Gasteiger charge is 2.45. The Bertz CT molecular complexity index is 348. The lowest BCUT2D eigenvalue weighted by molar-refractivity contribution is -0.199. The van der Waals surface area contributed by atoms with E-state index >= 15 is 0 Å². The first kappa shape index (κ1) is 12.3. The van der Waals surface area contributed by atoms with Gasteiger partial charge in [-0.3, -0.25) is 4.55 Å². The summed E-state index contributed by atoms with van der Waals surface area (Å²) in [7, 11) is -4.45. The molecule has 1 aliphatic rings. The molecule has 4 atom stereocenters. The Labute approximate surface area is 84.8 Å². The van der Waals surface area contributed by atoms with Gasteiger partial charge in [0, 0.05) is 0 Å². The standard InChI is InChI=1S/C6H10O8S/c7-3-2(1-15(11,12)13)14-6(10)5(9)4(3)8/h2-5,7-9H,1H2,(H,11,12,13)/t2-,3-,4+,5-/m1/s1. The molecule has 1 fully saturated rings. The van der Waals surface area contributed by atoms with Crippen LogP contribution in [0.15, 0.2) is 0 Å². The fourth-order valence-corrected chi connectivity index (χ4v) is 1.86. The number of carbonyl (C=O) groups is 1. The second-order valence-electron chi connectivity index (χ2n) is 3.15. The van der Waals surface area contributed by atoms with Crippen LogP contribution >= 0.6 is 0 Å². The van der Waals surface area contributed by atoms with Gasteiger partial charge < -0.3 is 20.1 Å². The van der Waals surface area contributed by atoms with Gasteiger partial charge in [0.1, 0.15) is 24.1 Å². The maximum atomic E-state index is 10.8. The number of rotatable bonds is 2. The normalized spacial score (nSPS) is 37.5. The molecule has 0 aromatic heterocycles. The van der Waals surface area contributed by atoms with E-state index in [0.717, 1.165) is 0 Å². The van der Waals surface area contributed by atoms with Gasteiger partial charge in [0.05, 0.1) is 0 Å². The van der Waals surface area contributed by atoms with E-state index < -0.39 is 46.3 Å². The van der Waals surface area contributed by atoms with E-state index in [0.29, 0.717) is 0 Å². The summed E-state index contributed by atoms with van der Waals surface area (Å²) in [4.78, 5) is 10.8. The summed E-state index contributed by atoms with van der Waals surface area (Å²) in [6, 6.07) is 0. The van der Waals surface area contributed by atoms with Gasteiger partial charge in [0.25, 0.3) is 10.1 Å². The second kappa shape index (κ2) is 4.02. The van der Waals surface area contributed by atoms with Crippen molar-refractivity contribution in [3.8, 4) is 0 Å². The maximum Gasteiger partial charge on any atom is 0.338 e. The molecule has 0 spiro atoms. The third kappa shape index (κ3) is 2.86. The number of aliphatic hydroxyl groups excluding tert-OH is 3. The zero-order chi connectivity index (χ0) is 11.8. The van der Waals surface area contributed by atoms with E-state index in [9.17, 15) is 18.3 Å². The van der Waals surface area contributed by atoms with Crippen LogP contribution in [0.2, 0.25) is 0 Å². The lowest BCUT2D eigenvalue weighted by atomic mass is 10.0. The van der Waals surface area contributed by atoms with Gasteiger partial charge in [-0.15, -0.1) is 0 Å². The number of hydrogen-bond donors (Lipinski definition) is 4. The molecule has 0 bridgehead atoms. The van der Waals surface area contributed by atoms with Crippen LogP contribution in [-0.4, -0.2) is 64.4 Å². The highest BCUT2D eigenvalue weighted by Crippen LogP contribution is 2.17. The summed E-state index contributed by atoms with van der Waals surface area (Å²) >= 11 is 0. The molecule has 1 saturated heterocycles. The lowest BCUT2D eigenvalue weighted by Gasteiger charge is -2.33. The Morgan fingerprint density at radius 2 is 1.73 bits per heavy atom. The van der Waals surface area contributed by atoms with E-state index in [1.807, 2.05) is 0 Å². The molecule has 0 unspecified atom stereocenters. The minimum absolute atomic E-state index is 1.04. The molecule has 8 nitrogen and oxygen atoms in total. The molecule has 15 heavy (non-hydrogen) atoms. The predicted octanol–water partition coefficient (Wildman–Crippen LogP) is -3.12. The third-order valence-corrected chi connectivity index (χ3v) is 2.69. The average molecular weight is 242 g/mol. The summed E-state index contributed by atoms with van der Waals surface area (Å²) in [5, 5.41) is 27.3. The van der Waals surface area contributed by atoms with Gasteiger partial charge >= 0.3 is 5.97 Å². The van der Waals surface area contributed by atoms with Crippen LogP contribution in [0.3, 0.4) is 0 Å². The molecule has 0 aromatic carbocycles. The summed E-state index contributed by atoms with van der Waals surface area (Å²) in [5.74, 6) is -2.29. The number of hydrogen-bond acceptors (Lipinski definition) is 7. The molecule has 88 valence electrons. The number of aliphatic hydroxyl groups is 3. The fourth-order valence-electron chi connectivity index (χ4n) is 1.17. The fraction of sp³-hybridized carbons (Fsp3) is 0.833. The van der Waals surface area contributed by atoms with Crippen molar-refractivity contribution < 1.29 is 37.8 Å². The molecule has 0 radical (unpaired) electrons. The van der Waals surface area contributed by atoms with Gasteiger partial charge in [-0.05, 0) is 0 Å². The molecule has 4 N–H and O–H groups in total. The zero-order valence-electron chi connectivity index (χ0n) is 7.35. The molecule has 0 saturated carbocycles. The maximum absolute atomic E-state index is 10.8. The van der Waals surface area contributed by atoms with Crippen molar-refractivity contribution in [2.75, 3.05) is 5.75 Å². The predicted molar refractivity (Wildman–Crippen MR) is 44.3 cm³/mol. The highest BCUT2D eigenvalue weighted by atomic mass is 32.2. The minimum atomic E-state index is -4.45. The van der Waals surface area contributed by atoms with Crippen molar-refractivity contribution in [1.82, 2.24) is 0 Å². The van der Waals surface area contributed by atoms with E-state index in [1.54, 1.807) is 0 Å². The smallest absolute Gasteiger partial charge is 0.338 e. The van der Waals surface area contributed by atoms with Crippen LogP contribution in [0.5, 0.6) is 0 Å². The topological polar surface area (TPSA) is 141 Å². The van der Waals surface area contributed by atoms with Crippen LogP contribution in [0.4, 0.5) is 0 Å². The van der Waals surface area contributed by atoms with Crippen molar-refractivity contribution >= 4 is 16.1 Å². The average Bonchev–Trinajstić information content (AvgIpc) is 2.08. The summed E-state index contributed by atoms with van der Waals surface area (Å²) in [6.45, 7) is 0. The number of ether oxygens (including phenoxy) is 1.